The van der Waals surface area contributed by atoms with Crippen molar-refractivity contribution in [1.29, 1.82) is 0 Å². The number of nitrogens with zero attached hydrogens (tertiary/aromatic N) is 1. The van der Waals surface area contributed by atoms with Gasteiger partial charge in [0, 0.05) is 38.8 Å². The fraction of sp³-hybridized carbons (Fsp3) is 0.0435. The molecule has 2 aliphatic rings. The standard InChI is InChI=1S/C46H33N3O2/c1-28-13-17-32(18-14-28)43-36-22-21-35(47-36)42(30-9-5-3-6-10-30)34-27-41(51-46(34)50)45(31-11-7-4-8-12-31)40-26-25-39(49-40)44(38-24-23-37(43)48-38)33-19-15-29(2)16-20-33/h3-27,47,49H,1-2H3. The van der Waals surface area contributed by atoms with Gasteiger partial charge in [0.2, 0.25) is 0 Å². The maximum Gasteiger partial charge on any atom is 0.344 e. The number of rotatable bonds is 4. The number of nitrogens with one attached hydrogen (secondary N) is 2. The molecule has 5 nitrogen and oxygen atoms in total. The van der Waals surface area contributed by atoms with Crippen LogP contribution in [0.3, 0.4) is 0 Å². The maximum atomic E-state index is 14.0. The van der Waals surface area contributed by atoms with Crippen molar-refractivity contribution >= 4 is 40.2 Å². The average Bonchev–Trinajstić information content (AvgIpc) is 3.98. The molecule has 0 aliphatic carbocycles. The number of H-pyrrole nitrogens is 2. The summed E-state index contributed by atoms with van der Waals surface area (Å²) in [6.07, 6.45) is 4.20. The Labute approximate surface area is 295 Å². The zero-order chi connectivity index (χ0) is 34.5. The van der Waals surface area contributed by atoms with Crippen LogP contribution in [0.25, 0.3) is 78.7 Å². The quantitative estimate of drug-likeness (QED) is 0.185. The Kier molecular flexibility index (Phi) is 7.32. The number of aromatic nitrogens is 3. The van der Waals surface area contributed by atoms with Crippen LogP contribution in [0.15, 0.2) is 140 Å². The molecule has 0 spiro atoms. The van der Waals surface area contributed by atoms with Crippen molar-refractivity contribution in [3.63, 3.8) is 0 Å². The number of carbonyl (C=O) groups is 1. The summed E-state index contributed by atoms with van der Waals surface area (Å²) in [6, 6.07) is 47.3. The van der Waals surface area contributed by atoms with E-state index in [0.717, 1.165) is 78.0 Å². The number of aromatic amines is 2. The van der Waals surface area contributed by atoms with E-state index in [2.05, 4.69) is 103 Å². The van der Waals surface area contributed by atoms with Crippen LogP contribution in [-0.4, -0.2) is 20.9 Å². The zero-order valence-electron chi connectivity index (χ0n) is 28.2. The second kappa shape index (κ2) is 12.3. The first kappa shape index (κ1) is 30.3. The largest absolute Gasteiger partial charge is 0.422 e. The van der Waals surface area contributed by atoms with E-state index in [1.54, 1.807) is 0 Å². The SMILES string of the molecule is Cc1ccc(-c2c3nc(c(-c4ccc(C)cc4)c4ccc([nH]4)c(-c4ccccc4)c4cc(c(-c5ccccc5)c5ccc2[nH]5)OC4=O)C=C3)cc1. The lowest BCUT2D eigenvalue weighted by Crippen LogP contribution is -2.03. The van der Waals surface area contributed by atoms with Crippen LogP contribution in [0.1, 0.15) is 32.9 Å². The van der Waals surface area contributed by atoms with Gasteiger partial charge in [0.15, 0.2) is 0 Å². The van der Waals surface area contributed by atoms with Gasteiger partial charge < -0.3 is 14.7 Å². The summed E-state index contributed by atoms with van der Waals surface area (Å²) in [5.41, 5.74) is 15.4. The molecule has 51 heavy (non-hydrogen) atoms. The smallest absolute Gasteiger partial charge is 0.344 e. The first-order chi connectivity index (χ1) is 25.0. The van der Waals surface area contributed by atoms with E-state index in [-0.39, 0.29) is 0 Å². The van der Waals surface area contributed by atoms with Crippen molar-refractivity contribution in [2.45, 2.75) is 13.8 Å². The molecule has 0 saturated carbocycles. The molecular formula is C46H33N3O2. The number of hydrogen-bond donors (Lipinski definition) is 2. The summed E-state index contributed by atoms with van der Waals surface area (Å²) in [5.74, 6) is 0.0838. The van der Waals surface area contributed by atoms with Gasteiger partial charge in [-0.25, -0.2) is 9.78 Å². The Morgan fingerprint density at radius 3 is 1.37 bits per heavy atom. The summed E-state index contributed by atoms with van der Waals surface area (Å²) >= 11 is 0. The van der Waals surface area contributed by atoms with Gasteiger partial charge in [-0.05, 0) is 78.6 Å². The van der Waals surface area contributed by atoms with Crippen molar-refractivity contribution in [3.8, 4) is 50.3 Å². The molecule has 4 aromatic carbocycles. The predicted molar refractivity (Wildman–Crippen MR) is 208 cm³/mol. The van der Waals surface area contributed by atoms with Crippen molar-refractivity contribution in [1.82, 2.24) is 15.0 Å². The van der Waals surface area contributed by atoms with E-state index in [0.29, 0.717) is 11.3 Å². The van der Waals surface area contributed by atoms with Gasteiger partial charge in [0.05, 0.1) is 22.5 Å². The maximum absolute atomic E-state index is 14.0. The molecule has 0 radical (unpaired) electrons. The van der Waals surface area contributed by atoms with Crippen LogP contribution in [0.2, 0.25) is 0 Å². The third-order valence-corrected chi connectivity index (χ3v) is 9.62. The molecule has 0 atom stereocenters. The molecule has 0 unspecified atom stereocenters. The highest BCUT2D eigenvalue weighted by Gasteiger charge is 2.26. The van der Waals surface area contributed by atoms with Crippen LogP contribution in [0.5, 0.6) is 5.75 Å². The Morgan fingerprint density at radius 1 is 0.471 bits per heavy atom. The molecular weight excluding hydrogens is 627 g/mol. The molecule has 5 heteroatoms. The molecule has 5 heterocycles. The summed E-state index contributed by atoms with van der Waals surface area (Å²) in [6.45, 7) is 4.18. The van der Waals surface area contributed by atoms with Crippen molar-refractivity contribution in [2.24, 2.45) is 0 Å². The van der Waals surface area contributed by atoms with Crippen LogP contribution >= 0.6 is 0 Å². The zero-order valence-corrected chi connectivity index (χ0v) is 28.2. The Hall–Kier alpha value is -6.72. The Balaban J connectivity index is 1.49. The Morgan fingerprint density at radius 2 is 0.882 bits per heavy atom. The normalized spacial score (nSPS) is 12.2. The molecule has 7 aromatic rings. The second-order valence-electron chi connectivity index (χ2n) is 13.1. The highest BCUT2D eigenvalue weighted by molar-refractivity contribution is 6.07. The highest BCUT2D eigenvalue weighted by atomic mass is 16.5. The summed E-state index contributed by atoms with van der Waals surface area (Å²) in [5, 5.41) is 0. The first-order valence-electron chi connectivity index (χ1n) is 17.1. The third-order valence-electron chi connectivity index (χ3n) is 9.62. The minimum absolute atomic E-state index is 0.402. The lowest BCUT2D eigenvalue weighted by Gasteiger charge is -2.07. The van der Waals surface area contributed by atoms with E-state index in [1.807, 2.05) is 72.8 Å². The lowest BCUT2D eigenvalue weighted by molar-refractivity contribution is 0.0755. The molecule has 8 bridgehead atoms. The Bertz CT molecular complexity index is 2670. The number of ether oxygens (including phenoxy) is 1. The van der Waals surface area contributed by atoms with E-state index < -0.39 is 5.97 Å². The lowest BCUT2D eigenvalue weighted by atomic mass is 10.0. The van der Waals surface area contributed by atoms with Crippen molar-refractivity contribution in [3.05, 3.63) is 168 Å². The van der Waals surface area contributed by atoms with Gasteiger partial charge in [-0.1, -0.05) is 120 Å². The minimum atomic E-state index is -0.402. The van der Waals surface area contributed by atoms with E-state index in [9.17, 15) is 4.79 Å². The highest BCUT2D eigenvalue weighted by Crippen LogP contribution is 2.41. The number of esters is 1. The fourth-order valence-electron chi connectivity index (χ4n) is 7.11. The molecule has 2 N–H and O–H groups in total. The topological polar surface area (TPSA) is 70.8 Å². The second-order valence-corrected chi connectivity index (χ2v) is 13.1. The number of hydrogen-bond acceptors (Lipinski definition) is 3. The summed E-state index contributed by atoms with van der Waals surface area (Å²) < 4.78 is 6.20. The fourth-order valence-corrected chi connectivity index (χ4v) is 7.11. The van der Waals surface area contributed by atoms with Gasteiger partial charge in [-0.2, -0.15) is 0 Å². The van der Waals surface area contributed by atoms with Gasteiger partial charge in [-0.3, -0.25) is 0 Å². The molecule has 0 fully saturated rings. The van der Waals surface area contributed by atoms with Crippen LogP contribution in [-0.2, 0) is 0 Å². The number of benzene rings is 4. The van der Waals surface area contributed by atoms with E-state index >= 15 is 0 Å². The molecule has 0 saturated heterocycles. The van der Waals surface area contributed by atoms with Crippen molar-refractivity contribution in [2.75, 3.05) is 0 Å². The third kappa shape index (κ3) is 5.45. The molecule has 2 aliphatic heterocycles. The number of carbonyl (C=O) groups excluding carboxylic acids is 1. The van der Waals surface area contributed by atoms with Crippen LogP contribution < -0.4 is 4.74 Å². The van der Waals surface area contributed by atoms with E-state index in [1.165, 1.54) is 11.1 Å². The minimum Gasteiger partial charge on any atom is -0.422 e. The van der Waals surface area contributed by atoms with Gasteiger partial charge in [-0.15, -0.1) is 0 Å². The van der Waals surface area contributed by atoms with Crippen molar-refractivity contribution < 1.29 is 9.53 Å². The first-order valence-corrected chi connectivity index (χ1v) is 17.1. The van der Waals surface area contributed by atoms with Crippen LogP contribution in [0.4, 0.5) is 0 Å². The molecule has 3 aromatic heterocycles. The predicted octanol–water partition coefficient (Wildman–Crippen LogP) is 11.6. The van der Waals surface area contributed by atoms with E-state index in [4.69, 9.17) is 9.72 Å². The monoisotopic (exact) mass is 659 g/mol. The van der Waals surface area contributed by atoms with Gasteiger partial charge >= 0.3 is 5.97 Å². The van der Waals surface area contributed by atoms with Gasteiger partial charge in [0.1, 0.15) is 5.75 Å². The van der Waals surface area contributed by atoms with Crippen LogP contribution in [0, 0.1) is 13.8 Å². The average molecular weight is 660 g/mol. The molecule has 244 valence electrons. The van der Waals surface area contributed by atoms with Gasteiger partial charge in [0.25, 0.3) is 0 Å². The summed E-state index contributed by atoms with van der Waals surface area (Å²) in [7, 11) is 0. The number of fused-ring (bicyclic) bond motifs is 8. The molecule has 0 amide bonds. The summed E-state index contributed by atoms with van der Waals surface area (Å²) in [4.78, 5) is 26.8. The molecule has 9 rings (SSSR count). The number of aryl methyl sites for hydroxylation is 2.